The summed E-state index contributed by atoms with van der Waals surface area (Å²) in [6, 6.07) is 0.507. The summed E-state index contributed by atoms with van der Waals surface area (Å²) in [5, 5.41) is 3.24. The molecule has 20 heavy (non-hydrogen) atoms. The van der Waals surface area contributed by atoms with Gasteiger partial charge in [-0.15, -0.1) is 0 Å². The molecule has 0 radical (unpaired) electrons. The van der Waals surface area contributed by atoms with Gasteiger partial charge in [-0.3, -0.25) is 0 Å². The van der Waals surface area contributed by atoms with E-state index in [0.717, 1.165) is 38.4 Å². The number of hydrogen-bond donors (Lipinski definition) is 1. The van der Waals surface area contributed by atoms with Crippen molar-refractivity contribution in [3.63, 3.8) is 0 Å². The maximum Gasteiger partial charge on any atom is 0.317 e. The topological polar surface area (TPSA) is 35.6 Å². The molecule has 0 spiro atoms. The van der Waals surface area contributed by atoms with Crippen molar-refractivity contribution in [2.24, 2.45) is 11.8 Å². The summed E-state index contributed by atoms with van der Waals surface area (Å²) in [5.41, 5.74) is 0. The van der Waals surface area contributed by atoms with E-state index in [1.54, 1.807) is 0 Å². The zero-order valence-electron chi connectivity index (χ0n) is 14.0. The van der Waals surface area contributed by atoms with E-state index in [1.165, 1.54) is 12.8 Å². The highest BCUT2D eigenvalue weighted by atomic mass is 16.2. The van der Waals surface area contributed by atoms with Gasteiger partial charge in [0.1, 0.15) is 0 Å². The Balaban J connectivity index is 2.45. The second-order valence-electron chi connectivity index (χ2n) is 7.05. The maximum absolute atomic E-state index is 12.4. The van der Waals surface area contributed by atoms with Gasteiger partial charge in [-0.2, -0.15) is 0 Å². The Morgan fingerprint density at radius 2 is 1.75 bits per heavy atom. The van der Waals surface area contributed by atoms with Crippen LogP contribution in [0.25, 0.3) is 0 Å². The zero-order chi connectivity index (χ0) is 15.1. The summed E-state index contributed by atoms with van der Waals surface area (Å²) in [4.78, 5) is 16.5. The molecule has 0 aromatic carbocycles. The van der Waals surface area contributed by atoms with Crippen LogP contribution in [-0.4, -0.2) is 55.6 Å². The Morgan fingerprint density at radius 3 is 2.25 bits per heavy atom. The van der Waals surface area contributed by atoms with Crippen LogP contribution in [0.3, 0.4) is 0 Å². The van der Waals surface area contributed by atoms with Crippen LogP contribution in [0.4, 0.5) is 4.79 Å². The first-order valence-corrected chi connectivity index (χ1v) is 8.08. The third-order valence-electron chi connectivity index (χ3n) is 4.03. The lowest BCUT2D eigenvalue weighted by Crippen LogP contribution is -2.48. The zero-order valence-corrected chi connectivity index (χ0v) is 14.0. The van der Waals surface area contributed by atoms with Crippen molar-refractivity contribution in [3.8, 4) is 0 Å². The van der Waals surface area contributed by atoms with E-state index in [9.17, 15) is 4.79 Å². The third kappa shape index (κ3) is 6.60. The van der Waals surface area contributed by atoms with Gasteiger partial charge in [0.25, 0.3) is 0 Å². The van der Waals surface area contributed by atoms with Crippen molar-refractivity contribution in [3.05, 3.63) is 0 Å². The lowest BCUT2D eigenvalue weighted by atomic mass is 9.87. The minimum Gasteiger partial charge on any atom is -0.335 e. The van der Waals surface area contributed by atoms with Gasteiger partial charge < -0.3 is 15.1 Å². The van der Waals surface area contributed by atoms with Crippen LogP contribution in [0.2, 0.25) is 0 Å². The maximum atomic E-state index is 12.4. The third-order valence-corrected chi connectivity index (χ3v) is 4.03. The largest absolute Gasteiger partial charge is 0.335 e. The number of nitrogens with one attached hydrogen (secondary N) is 1. The second-order valence-corrected chi connectivity index (χ2v) is 7.05. The fourth-order valence-corrected chi connectivity index (χ4v) is 2.71. The number of amides is 2. The van der Waals surface area contributed by atoms with Crippen LogP contribution < -0.4 is 5.32 Å². The molecule has 1 aliphatic rings. The van der Waals surface area contributed by atoms with Crippen LogP contribution in [0.5, 0.6) is 0 Å². The highest BCUT2D eigenvalue weighted by molar-refractivity contribution is 5.74. The molecule has 1 fully saturated rings. The fraction of sp³-hybridized carbons (Fsp3) is 0.938. The number of carbonyl (C=O) groups excluding carboxylic acids is 1. The van der Waals surface area contributed by atoms with Crippen molar-refractivity contribution in [1.29, 1.82) is 0 Å². The van der Waals surface area contributed by atoms with Crippen LogP contribution in [0.1, 0.15) is 46.5 Å². The Morgan fingerprint density at radius 1 is 1.15 bits per heavy atom. The van der Waals surface area contributed by atoms with Gasteiger partial charge in [0.05, 0.1) is 0 Å². The summed E-state index contributed by atoms with van der Waals surface area (Å²) in [5.74, 6) is 1.33. The molecule has 4 nitrogen and oxygen atoms in total. The van der Waals surface area contributed by atoms with Crippen LogP contribution in [-0.2, 0) is 0 Å². The lowest BCUT2D eigenvalue weighted by molar-refractivity contribution is 0.175. The Labute approximate surface area is 124 Å². The summed E-state index contributed by atoms with van der Waals surface area (Å²) in [6.45, 7) is 9.20. The minimum atomic E-state index is 0.125. The van der Waals surface area contributed by atoms with Crippen molar-refractivity contribution in [2.45, 2.75) is 52.5 Å². The number of rotatable bonds is 6. The molecule has 0 heterocycles. The number of carbonyl (C=O) groups is 1. The van der Waals surface area contributed by atoms with Crippen molar-refractivity contribution < 1.29 is 4.79 Å². The molecule has 0 unspecified atom stereocenters. The summed E-state index contributed by atoms with van der Waals surface area (Å²) in [6.07, 6.45) is 4.76. The highest BCUT2D eigenvalue weighted by Gasteiger charge is 2.22. The van der Waals surface area contributed by atoms with E-state index in [-0.39, 0.29) is 6.03 Å². The molecule has 0 aromatic heterocycles. The van der Waals surface area contributed by atoms with Gasteiger partial charge in [0.15, 0.2) is 0 Å². The molecule has 0 aromatic rings. The quantitative estimate of drug-likeness (QED) is 0.813. The Kier molecular flexibility index (Phi) is 7.35. The van der Waals surface area contributed by atoms with Crippen molar-refractivity contribution in [1.82, 2.24) is 15.1 Å². The standard InChI is InChI=1S/C16H33N3O/c1-13(2)12-19(11-10-18(4)5)16(20)17-15-8-6-14(3)7-9-15/h13-15H,6-12H2,1-5H3,(H,17,20). The average molecular weight is 283 g/mol. The van der Waals surface area contributed by atoms with E-state index in [2.05, 4.69) is 31.0 Å². The predicted molar refractivity (Wildman–Crippen MR) is 84.9 cm³/mol. The van der Waals surface area contributed by atoms with Gasteiger partial charge in [-0.05, 0) is 51.6 Å². The molecular weight excluding hydrogens is 250 g/mol. The van der Waals surface area contributed by atoms with E-state index < -0.39 is 0 Å². The molecule has 4 heteroatoms. The molecule has 0 saturated heterocycles. The molecule has 1 saturated carbocycles. The van der Waals surface area contributed by atoms with Crippen molar-refractivity contribution >= 4 is 6.03 Å². The van der Waals surface area contributed by atoms with Gasteiger partial charge in [-0.25, -0.2) is 4.79 Å². The number of hydrogen-bond acceptors (Lipinski definition) is 2. The lowest BCUT2D eigenvalue weighted by Gasteiger charge is -2.31. The van der Waals surface area contributed by atoms with Gasteiger partial charge in [0.2, 0.25) is 0 Å². The highest BCUT2D eigenvalue weighted by Crippen LogP contribution is 2.23. The van der Waals surface area contributed by atoms with E-state index in [1.807, 2.05) is 19.0 Å². The minimum absolute atomic E-state index is 0.125. The monoisotopic (exact) mass is 283 g/mol. The fourth-order valence-electron chi connectivity index (χ4n) is 2.71. The van der Waals surface area contributed by atoms with E-state index in [0.29, 0.717) is 12.0 Å². The van der Waals surface area contributed by atoms with Crippen LogP contribution in [0.15, 0.2) is 0 Å². The molecule has 118 valence electrons. The first-order chi connectivity index (χ1) is 9.38. The Bertz CT molecular complexity index is 283. The molecule has 1 rings (SSSR count). The Hall–Kier alpha value is -0.770. The molecule has 1 aliphatic carbocycles. The van der Waals surface area contributed by atoms with E-state index >= 15 is 0 Å². The number of urea groups is 1. The normalized spacial score (nSPS) is 23.1. The molecule has 2 amide bonds. The first kappa shape index (κ1) is 17.3. The van der Waals surface area contributed by atoms with Crippen LogP contribution >= 0.6 is 0 Å². The summed E-state index contributed by atoms with van der Waals surface area (Å²) >= 11 is 0. The van der Waals surface area contributed by atoms with Gasteiger partial charge >= 0.3 is 6.03 Å². The predicted octanol–water partition coefficient (Wildman–Crippen LogP) is 2.79. The molecule has 0 atom stereocenters. The molecular formula is C16H33N3O. The van der Waals surface area contributed by atoms with E-state index in [4.69, 9.17) is 0 Å². The SMILES string of the molecule is CC(C)CN(CCN(C)C)C(=O)NC1CCC(C)CC1. The number of likely N-dealkylation sites (N-methyl/N-ethyl adjacent to an activating group) is 1. The van der Waals surface area contributed by atoms with Gasteiger partial charge in [0, 0.05) is 25.7 Å². The molecule has 0 aliphatic heterocycles. The van der Waals surface area contributed by atoms with Crippen LogP contribution in [0, 0.1) is 11.8 Å². The number of nitrogens with zero attached hydrogens (tertiary/aromatic N) is 2. The smallest absolute Gasteiger partial charge is 0.317 e. The molecule has 0 bridgehead atoms. The molecule has 1 N–H and O–H groups in total. The summed E-state index contributed by atoms with van der Waals surface area (Å²) in [7, 11) is 4.10. The van der Waals surface area contributed by atoms with Crippen molar-refractivity contribution in [2.75, 3.05) is 33.7 Å². The summed E-state index contributed by atoms with van der Waals surface area (Å²) < 4.78 is 0. The second kappa shape index (κ2) is 8.50. The average Bonchev–Trinajstić information content (AvgIpc) is 2.36. The van der Waals surface area contributed by atoms with Gasteiger partial charge in [-0.1, -0.05) is 20.8 Å². The first-order valence-electron chi connectivity index (χ1n) is 8.08.